The van der Waals surface area contributed by atoms with Crippen molar-refractivity contribution in [2.75, 3.05) is 0 Å². The fourth-order valence-corrected chi connectivity index (χ4v) is 5.49. The molecule has 0 unspecified atom stereocenters. The molecule has 35 heavy (non-hydrogen) atoms. The van der Waals surface area contributed by atoms with Crippen molar-refractivity contribution in [3.8, 4) is 0 Å². The molecule has 0 heteroatoms. The Hall–Kier alpha value is -0.260. The maximum atomic E-state index is 3.80. The van der Waals surface area contributed by atoms with Gasteiger partial charge in [-0.3, -0.25) is 0 Å². The van der Waals surface area contributed by atoms with Crippen LogP contribution >= 0.6 is 0 Å². The highest BCUT2D eigenvalue weighted by molar-refractivity contribution is 4.65. The van der Waals surface area contributed by atoms with Crippen molar-refractivity contribution in [3.05, 3.63) is 12.7 Å². The fourth-order valence-electron chi connectivity index (χ4n) is 5.49. The van der Waals surface area contributed by atoms with Crippen LogP contribution in [0.1, 0.15) is 212 Å². The van der Waals surface area contributed by atoms with Crippen LogP contribution in [-0.4, -0.2) is 0 Å². The zero-order valence-electron chi connectivity index (χ0n) is 24.9. The van der Waals surface area contributed by atoms with Gasteiger partial charge in [-0.15, -0.1) is 6.58 Å². The zero-order chi connectivity index (χ0) is 25.3. The molecule has 0 aromatic heterocycles. The lowest BCUT2D eigenvalue weighted by Crippen LogP contribution is -1.85. The second-order valence-corrected chi connectivity index (χ2v) is 11.7. The fraction of sp³-hybridized carbons (Fsp3) is 0.943. The number of allylic oxidation sites excluding steroid dienone is 1. The largest absolute Gasteiger partial charge is 0.103 e. The molecule has 0 fully saturated rings. The summed E-state index contributed by atoms with van der Waals surface area (Å²) < 4.78 is 0. The summed E-state index contributed by atoms with van der Waals surface area (Å²) in [5, 5.41) is 0. The Morgan fingerprint density at radius 3 is 0.629 bits per heavy atom. The highest BCUT2D eigenvalue weighted by Gasteiger charge is 1.97. The number of rotatable bonds is 32. The third kappa shape index (κ3) is 33.7. The van der Waals surface area contributed by atoms with Gasteiger partial charge in [0.15, 0.2) is 0 Å². The number of hydrogen-bond acceptors (Lipinski definition) is 0. The zero-order valence-corrected chi connectivity index (χ0v) is 24.9. The molecular formula is C35H70. The molecule has 0 N–H and O–H groups in total. The van der Waals surface area contributed by atoms with E-state index in [0.29, 0.717) is 0 Å². The predicted octanol–water partition coefficient (Wildman–Crippen LogP) is 13.7. The van der Waals surface area contributed by atoms with Crippen molar-refractivity contribution in [2.24, 2.45) is 0 Å². The van der Waals surface area contributed by atoms with Crippen LogP contribution in [0.25, 0.3) is 0 Å². The van der Waals surface area contributed by atoms with E-state index in [0.717, 1.165) is 0 Å². The first-order valence-electron chi connectivity index (χ1n) is 17.0. The molecule has 210 valence electrons. The SMILES string of the molecule is C=CCCCCCCCCCCCCCCCCCCCCCCCCCCCCCCCCC. The van der Waals surface area contributed by atoms with Crippen molar-refractivity contribution >= 4 is 0 Å². The summed E-state index contributed by atoms with van der Waals surface area (Å²) >= 11 is 0. The molecule has 0 spiro atoms. The second kappa shape index (κ2) is 33.7. The molecule has 0 heterocycles. The van der Waals surface area contributed by atoms with Crippen LogP contribution < -0.4 is 0 Å². The van der Waals surface area contributed by atoms with Gasteiger partial charge in [0.05, 0.1) is 0 Å². The van der Waals surface area contributed by atoms with E-state index in [1.165, 1.54) is 205 Å². The van der Waals surface area contributed by atoms with Crippen LogP contribution in [0.5, 0.6) is 0 Å². The molecule has 0 bridgehead atoms. The van der Waals surface area contributed by atoms with Crippen molar-refractivity contribution in [3.63, 3.8) is 0 Å². The summed E-state index contributed by atoms with van der Waals surface area (Å²) in [4.78, 5) is 0. The van der Waals surface area contributed by atoms with Crippen molar-refractivity contribution in [1.29, 1.82) is 0 Å². The van der Waals surface area contributed by atoms with Gasteiger partial charge in [0.1, 0.15) is 0 Å². The lowest BCUT2D eigenvalue weighted by Gasteiger charge is -2.04. The molecule has 0 aliphatic heterocycles. The van der Waals surface area contributed by atoms with Crippen LogP contribution in [0.4, 0.5) is 0 Å². The molecule has 0 aromatic carbocycles. The third-order valence-electron chi connectivity index (χ3n) is 8.01. The van der Waals surface area contributed by atoms with Crippen molar-refractivity contribution in [1.82, 2.24) is 0 Å². The molecular weight excluding hydrogens is 420 g/mol. The minimum Gasteiger partial charge on any atom is -0.103 e. The minimum atomic E-state index is 1.21. The van der Waals surface area contributed by atoms with Gasteiger partial charge >= 0.3 is 0 Å². The molecule has 0 rings (SSSR count). The quantitative estimate of drug-likeness (QED) is 0.0649. The van der Waals surface area contributed by atoms with Crippen molar-refractivity contribution < 1.29 is 0 Å². The van der Waals surface area contributed by atoms with Gasteiger partial charge in [-0.2, -0.15) is 0 Å². The van der Waals surface area contributed by atoms with E-state index in [1.54, 1.807) is 0 Å². The molecule has 0 aliphatic rings. The van der Waals surface area contributed by atoms with E-state index >= 15 is 0 Å². The first-order chi connectivity index (χ1) is 17.4. The Balaban J connectivity index is 3.00. The molecule has 0 aliphatic carbocycles. The highest BCUT2D eigenvalue weighted by atomic mass is 14.0. The maximum Gasteiger partial charge on any atom is -0.0353 e. The van der Waals surface area contributed by atoms with E-state index in [2.05, 4.69) is 19.6 Å². The number of hydrogen-bond donors (Lipinski definition) is 0. The molecule has 0 saturated heterocycles. The van der Waals surface area contributed by atoms with Gasteiger partial charge in [-0.1, -0.05) is 206 Å². The summed E-state index contributed by atoms with van der Waals surface area (Å²) in [6, 6.07) is 0. The predicted molar refractivity (Wildman–Crippen MR) is 164 cm³/mol. The summed E-state index contributed by atoms with van der Waals surface area (Å²) in [5.41, 5.74) is 0. The Bertz CT molecular complexity index is 357. The Morgan fingerprint density at radius 1 is 0.286 bits per heavy atom. The van der Waals surface area contributed by atoms with E-state index in [9.17, 15) is 0 Å². The second-order valence-electron chi connectivity index (χ2n) is 11.7. The van der Waals surface area contributed by atoms with Gasteiger partial charge in [-0.05, 0) is 12.8 Å². The van der Waals surface area contributed by atoms with E-state index in [1.807, 2.05) is 0 Å². The Morgan fingerprint density at radius 2 is 0.457 bits per heavy atom. The standard InChI is InChI=1S/C35H70/c1-3-5-7-9-11-13-15-17-19-21-23-25-27-29-31-33-35-34-32-30-28-26-24-22-20-18-16-14-12-10-8-6-4-2/h3H,1,4-35H2,2H3. The Kier molecular flexibility index (Phi) is 33.5. The lowest BCUT2D eigenvalue weighted by molar-refractivity contribution is 0.512. The van der Waals surface area contributed by atoms with Gasteiger partial charge in [0.2, 0.25) is 0 Å². The van der Waals surface area contributed by atoms with Crippen LogP contribution in [0.2, 0.25) is 0 Å². The monoisotopic (exact) mass is 491 g/mol. The molecule has 0 aromatic rings. The molecule has 0 nitrogen and oxygen atoms in total. The summed E-state index contributed by atoms with van der Waals surface area (Å²) in [6.07, 6.45) is 48.9. The van der Waals surface area contributed by atoms with Gasteiger partial charge in [0, 0.05) is 0 Å². The molecule has 0 atom stereocenters. The normalized spacial score (nSPS) is 11.3. The van der Waals surface area contributed by atoms with Gasteiger partial charge < -0.3 is 0 Å². The number of unbranched alkanes of at least 4 members (excludes halogenated alkanes) is 31. The minimum absolute atomic E-state index is 1.21. The van der Waals surface area contributed by atoms with Crippen molar-refractivity contribution in [2.45, 2.75) is 212 Å². The summed E-state index contributed by atoms with van der Waals surface area (Å²) in [6.45, 7) is 6.11. The molecule has 0 radical (unpaired) electrons. The average molecular weight is 491 g/mol. The first kappa shape index (κ1) is 34.7. The van der Waals surface area contributed by atoms with E-state index < -0.39 is 0 Å². The highest BCUT2D eigenvalue weighted by Crippen LogP contribution is 2.16. The smallest absolute Gasteiger partial charge is 0.0353 e. The van der Waals surface area contributed by atoms with Gasteiger partial charge in [0.25, 0.3) is 0 Å². The Labute approximate surface area is 224 Å². The lowest BCUT2D eigenvalue weighted by atomic mass is 10.0. The third-order valence-corrected chi connectivity index (χ3v) is 8.01. The maximum absolute atomic E-state index is 3.80. The summed E-state index contributed by atoms with van der Waals surface area (Å²) in [5.74, 6) is 0. The van der Waals surface area contributed by atoms with Crippen LogP contribution in [0.3, 0.4) is 0 Å². The van der Waals surface area contributed by atoms with Crippen LogP contribution in [-0.2, 0) is 0 Å². The van der Waals surface area contributed by atoms with E-state index in [4.69, 9.17) is 0 Å². The topological polar surface area (TPSA) is 0 Å². The molecule has 0 saturated carbocycles. The average Bonchev–Trinajstić information content (AvgIpc) is 2.87. The first-order valence-corrected chi connectivity index (χ1v) is 17.0. The summed E-state index contributed by atoms with van der Waals surface area (Å²) in [7, 11) is 0. The van der Waals surface area contributed by atoms with E-state index in [-0.39, 0.29) is 0 Å². The van der Waals surface area contributed by atoms with Crippen LogP contribution in [0.15, 0.2) is 12.7 Å². The molecule has 0 amide bonds. The van der Waals surface area contributed by atoms with Crippen LogP contribution in [0, 0.1) is 0 Å². The van der Waals surface area contributed by atoms with Gasteiger partial charge in [-0.25, -0.2) is 0 Å².